The third kappa shape index (κ3) is 4.71. The molecule has 0 amide bonds. The molecule has 0 atom stereocenters. The minimum atomic E-state index is 0.937. The molecule has 0 saturated carbocycles. The Bertz CT molecular complexity index is 3090. The number of fused-ring (bicyclic) bond motifs is 2. The van der Waals surface area contributed by atoms with Crippen LogP contribution in [-0.2, 0) is 0 Å². The van der Waals surface area contributed by atoms with Gasteiger partial charge in [-0.3, -0.25) is 0 Å². The molecule has 1 nitrogen and oxygen atoms in total. The van der Waals surface area contributed by atoms with E-state index in [-0.39, 0.29) is 0 Å². The van der Waals surface area contributed by atoms with E-state index in [0.29, 0.717) is 0 Å². The summed E-state index contributed by atoms with van der Waals surface area (Å²) < 4.78 is 6.35. The smallest absolute Gasteiger partial charge is 0.136 e. The van der Waals surface area contributed by atoms with Crippen molar-refractivity contribution >= 4 is 54.3 Å². The van der Waals surface area contributed by atoms with Crippen molar-refractivity contribution in [3.63, 3.8) is 0 Å². The average molecular weight is 673 g/mol. The van der Waals surface area contributed by atoms with Crippen molar-refractivity contribution in [2.45, 2.75) is 0 Å². The third-order valence-electron chi connectivity index (χ3n) is 11.0. The maximum atomic E-state index is 6.35. The van der Waals surface area contributed by atoms with E-state index in [1.807, 2.05) is 0 Å². The van der Waals surface area contributed by atoms with Gasteiger partial charge in [0.2, 0.25) is 0 Å². The molecule has 0 aliphatic carbocycles. The van der Waals surface area contributed by atoms with Gasteiger partial charge in [-0.15, -0.1) is 0 Å². The van der Waals surface area contributed by atoms with Crippen LogP contribution in [0.15, 0.2) is 199 Å². The highest BCUT2D eigenvalue weighted by Gasteiger charge is 2.21. The zero-order valence-corrected chi connectivity index (χ0v) is 28.9. The molecule has 1 aromatic heterocycles. The predicted octanol–water partition coefficient (Wildman–Crippen LogP) is 14.8. The Kier molecular flexibility index (Phi) is 6.62. The van der Waals surface area contributed by atoms with E-state index in [1.54, 1.807) is 0 Å². The highest BCUT2D eigenvalue weighted by molar-refractivity contribution is 6.28. The van der Waals surface area contributed by atoms with Gasteiger partial charge in [-0.25, -0.2) is 0 Å². The lowest BCUT2D eigenvalue weighted by Crippen LogP contribution is -1.92. The van der Waals surface area contributed by atoms with Crippen molar-refractivity contribution < 1.29 is 4.42 Å². The summed E-state index contributed by atoms with van der Waals surface area (Å²) in [5, 5.41) is 9.84. The standard InChI is InChI=1S/C52H32O/c1-2-11-33(12-3-1)37-14-8-16-39(31-37)40-17-9-15-38(32-40)34-23-25-36(26-24-34)49-41-18-4-6-20-43(41)51(44-21-7-5-19-42(44)49)45-29-30-48-52-46(45)28-27-35-13-10-22-47(53-48)50(35)52/h1-32H. The molecule has 0 spiro atoms. The largest absolute Gasteiger partial charge is 0.456 e. The van der Waals surface area contributed by atoms with Gasteiger partial charge in [0.1, 0.15) is 11.2 Å². The van der Waals surface area contributed by atoms with Crippen LogP contribution in [0.1, 0.15) is 0 Å². The highest BCUT2D eigenvalue weighted by atomic mass is 16.3. The van der Waals surface area contributed by atoms with Crippen molar-refractivity contribution in [3.05, 3.63) is 194 Å². The molecule has 0 radical (unpaired) electrons. The molecule has 0 fully saturated rings. The number of benzene rings is 10. The van der Waals surface area contributed by atoms with Crippen LogP contribution >= 0.6 is 0 Å². The molecule has 0 aliphatic heterocycles. The van der Waals surface area contributed by atoms with Crippen LogP contribution in [0, 0.1) is 0 Å². The first-order chi connectivity index (χ1) is 26.3. The van der Waals surface area contributed by atoms with Crippen LogP contribution in [0.5, 0.6) is 0 Å². The molecule has 1 heterocycles. The minimum Gasteiger partial charge on any atom is -0.456 e. The average Bonchev–Trinajstić information content (AvgIpc) is 3.62. The van der Waals surface area contributed by atoms with Gasteiger partial charge in [0.15, 0.2) is 0 Å². The Morgan fingerprint density at radius 3 is 1.40 bits per heavy atom. The van der Waals surface area contributed by atoms with Gasteiger partial charge in [0.05, 0.1) is 0 Å². The summed E-state index contributed by atoms with van der Waals surface area (Å²) in [6.45, 7) is 0. The van der Waals surface area contributed by atoms with Crippen LogP contribution in [0.25, 0.3) is 110 Å². The zero-order chi connectivity index (χ0) is 34.9. The van der Waals surface area contributed by atoms with E-state index >= 15 is 0 Å². The quantitative estimate of drug-likeness (QED) is 0.131. The topological polar surface area (TPSA) is 13.1 Å². The summed E-state index contributed by atoms with van der Waals surface area (Å²) in [5.41, 5.74) is 14.1. The Hall–Kier alpha value is -6.96. The lowest BCUT2D eigenvalue weighted by molar-refractivity contribution is 0.669. The number of furan rings is 1. The molecule has 0 bridgehead atoms. The third-order valence-corrected chi connectivity index (χ3v) is 11.0. The maximum Gasteiger partial charge on any atom is 0.136 e. The van der Waals surface area contributed by atoms with Crippen LogP contribution < -0.4 is 0 Å². The lowest BCUT2D eigenvalue weighted by Gasteiger charge is -2.19. The second-order valence-electron chi connectivity index (χ2n) is 14.0. The molecule has 11 rings (SSSR count). The summed E-state index contributed by atoms with van der Waals surface area (Å²) in [7, 11) is 0. The minimum absolute atomic E-state index is 0.937. The van der Waals surface area contributed by atoms with Crippen molar-refractivity contribution in [2.75, 3.05) is 0 Å². The summed E-state index contributed by atoms with van der Waals surface area (Å²) in [4.78, 5) is 0. The van der Waals surface area contributed by atoms with Gasteiger partial charge < -0.3 is 4.42 Å². The predicted molar refractivity (Wildman–Crippen MR) is 225 cm³/mol. The van der Waals surface area contributed by atoms with Gasteiger partial charge >= 0.3 is 0 Å². The SMILES string of the molecule is c1ccc(-c2cccc(-c3cccc(-c4ccc(-c5c6ccccc6c(-c6ccc7oc8cccc9ccc6c7c98)c6ccccc56)cc4)c3)c2)cc1. The second-order valence-corrected chi connectivity index (χ2v) is 14.0. The van der Waals surface area contributed by atoms with Gasteiger partial charge in [-0.05, 0) is 118 Å². The molecule has 246 valence electrons. The molecule has 0 N–H and O–H groups in total. The van der Waals surface area contributed by atoms with E-state index in [4.69, 9.17) is 4.42 Å². The number of hydrogen-bond acceptors (Lipinski definition) is 1. The van der Waals surface area contributed by atoms with Crippen LogP contribution in [0.4, 0.5) is 0 Å². The number of rotatable bonds is 5. The summed E-state index contributed by atoms with van der Waals surface area (Å²) in [6.07, 6.45) is 0. The van der Waals surface area contributed by atoms with E-state index in [0.717, 1.165) is 11.2 Å². The normalized spacial score (nSPS) is 11.8. The van der Waals surface area contributed by atoms with Crippen LogP contribution in [0.2, 0.25) is 0 Å². The monoisotopic (exact) mass is 672 g/mol. The highest BCUT2D eigenvalue weighted by Crippen LogP contribution is 2.48. The van der Waals surface area contributed by atoms with Crippen molar-refractivity contribution in [3.8, 4) is 55.6 Å². The van der Waals surface area contributed by atoms with E-state index in [9.17, 15) is 0 Å². The molecular formula is C52H32O. The fourth-order valence-electron chi connectivity index (χ4n) is 8.61. The van der Waals surface area contributed by atoms with Crippen LogP contribution in [0.3, 0.4) is 0 Å². The first-order valence-electron chi connectivity index (χ1n) is 18.3. The van der Waals surface area contributed by atoms with Gasteiger partial charge in [0, 0.05) is 10.8 Å². The molecule has 0 saturated heterocycles. The van der Waals surface area contributed by atoms with Gasteiger partial charge in [0.25, 0.3) is 0 Å². The fourth-order valence-corrected chi connectivity index (χ4v) is 8.61. The Labute approximate surface area is 307 Å². The molecule has 0 unspecified atom stereocenters. The molecular weight excluding hydrogens is 641 g/mol. The maximum absolute atomic E-state index is 6.35. The van der Waals surface area contributed by atoms with E-state index < -0.39 is 0 Å². The molecule has 11 aromatic rings. The molecule has 53 heavy (non-hydrogen) atoms. The second kappa shape index (κ2) is 11.8. The molecule has 1 heteroatoms. The first-order valence-corrected chi connectivity index (χ1v) is 18.3. The Morgan fingerprint density at radius 1 is 0.264 bits per heavy atom. The Balaban J connectivity index is 1.04. The fraction of sp³-hybridized carbons (Fsp3) is 0. The van der Waals surface area contributed by atoms with Gasteiger partial charge in [-0.2, -0.15) is 0 Å². The van der Waals surface area contributed by atoms with Crippen molar-refractivity contribution in [1.82, 2.24) is 0 Å². The zero-order valence-electron chi connectivity index (χ0n) is 28.9. The Morgan fingerprint density at radius 2 is 0.755 bits per heavy atom. The lowest BCUT2D eigenvalue weighted by atomic mass is 9.84. The van der Waals surface area contributed by atoms with E-state index in [1.165, 1.54) is 98.7 Å². The first kappa shape index (κ1) is 29.7. The molecule has 10 aromatic carbocycles. The van der Waals surface area contributed by atoms with Gasteiger partial charge in [-0.1, -0.05) is 164 Å². The summed E-state index contributed by atoms with van der Waals surface area (Å²) in [5.74, 6) is 0. The summed E-state index contributed by atoms with van der Waals surface area (Å²) >= 11 is 0. The molecule has 0 aliphatic rings. The number of hydrogen-bond donors (Lipinski definition) is 0. The summed E-state index contributed by atoms with van der Waals surface area (Å²) in [6, 6.07) is 70.5. The van der Waals surface area contributed by atoms with Crippen molar-refractivity contribution in [1.29, 1.82) is 0 Å². The van der Waals surface area contributed by atoms with Crippen molar-refractivity contribution in [2.24, 2.45) is 0 Å². The van der Waals surface area contributed by atoms with Crippen LogP contribution in [-0.4, -0.2) is 0 Å². The van der Waals surface area contributed by atoms with E-state index in [2.05, 4.69) is 194 Å².